The van der Waals surface area contributed by atoms with Crippen LogP contribution in [-0.4, -0.2) is 94.7 Å². The Morgan fingerprint density at radius 2 is 1.50 bits per heavy atom. The van der Waals surface area contributed by atoms with Crippen molar-refractivity contribution in [3.05, 3.63) is 77.6 Å². The highest BCUT2D eigenvalue weighted by atomic mass is 32.2. The Labute approximate surface area is 288 Å². The number of aryl methyl sites for hydroxylation is 1. The highest BCUT2D eigenvalue weighted by Gasteiger charge is 2.35. The second-order valence-corrected chi connectivity index (χ2v) is 15.2. The van der Waals surface area contributed by atoms with E-state index in [0.29, 0.717) is 53.5 Å². The molecule has 50 heavy (non-hydrogen) atoms. The van der Waals surface area contributed by atoms with E-state index in [0.717, 1.165) is 23.4 Å². The van der Waals surface area contributed by atoms with Crippen molar-refractivity contribution in [2.75, 3.05) is 36.5 Å². The summed E-state index contributed by atoms with van der Waals surface area (Å²) in [7, 11) is -9.80. The van der Waals surface area contributed by atoms with E-state index in [4.69, 9.17) is 15.1 Å². The lowest BCUT2D eigenvalue weighted by Crippen LogP contribution is -2.29. The minimum Gasteiger partial charge on any atom is -0.395 e. The van der Waals surface area contributed by atoms with Crippen molar-refractivity contribution < 1.29 is 40.9 Å². The molecule has 0 saturated heterocycles. The molecule has 16 nitrogen and oxygen atoms in total. The average molecular weight is 726 g/mol. The van der Waals surface area contributed by atoms with E-state index in [2.05, 4.69) is 10.4 Å². The molecular weight excluding hydrogens is 691 g/mol. The number of carbonyl (C=O) groups is 1. The Kier molecular flexibility index (Phi) is 10.1. The first-order chi connectivity index (χ1) is 23.4. The molecule has 4 aromatic rings. The molecule has 264 valence electrons. The standard InChI is InChI=1S/C32H35N7O9S2/c1-19-15-23(38(11-13-40)12-14-41)9-10-26(19)34-27-28(32(2,3)4)36-39-30(27)35-29(37-39)20-5-7-22(8-6-20)33-31(42)21-16-24(49(43,44)45)18-25(17-21)50(46,47)48/h5-10,15-18,40-41H,11-14H2,1-4H3,(H,33,42)(H,43,44,45)(H,46,47,48)/b34-27-. The van der Waals surface area contributed by atoms with Gasteiger partial charge in [-0.1, -0.05) is 20.8 Å². The molecule has 1 amide bonds. The average Bonchev–Trinajstić information content (AvgIpc) is 3.60. The Morgan fingerprint density at radius 3 is 2.02 bits per heavy atom. The van der Waals surface area contributed by atoms with Crippen LogP contribution in [0.15, 0.2) is 80.5 Å². The molecule has 1 aliphatic heterocycles. The number of benzene rings is 3. The van der Waals surface area contributed by atoms with Crippen molar-refractivity contribution in [2.24, 2.45) is 15.5 Å². The number of carbonyl (C=O) groups excluding carboxylic acids is 1. The van der Waals surface area contributed by atoms with Gasteiger partial charge in [0.15, 0.2) is 5.82 Å². The molecular formula is C32H35N7O9S2. The zero-order chi connectivity index (χ0) is 36.6. The number of aliphatic imine (C=N–C) groups is 1. The number of fused-ring (bicyclic) bond motifs is 1. The fourth-order valence-electron chi connectivity index (χ4n) is 5.10. The molecule has 0 radical (unpaired) electrons. The van der Waals surface area contributed by atoms with Crippen LogP contribution in [0.1, 0.15) is 42.5 Å². The van der Waals surface area contributed by atoms with Gasteiger partial charge < -0.3 is 20.4 Å². The predicted octanol–water partition coefficient (Wildman–Crippen LogP) is 3.17. The quantitative estimate of drug-likeness (QED) is 0.140. The van der Waals surface area contributed by atoms with E-state index in [-0.39, 0.29) is 18.9 Å². The van der Waals surface area contributed by atoms with Gasteiger partial charge in [-0.15, -0.1) is 9.89 Å². The van der Waals surface area contributed by atoms with Crippen LogP contribution in [0.25, 0.3) is 11.4 Å². The van der Waals surface area contributed by atoms with Gasteiger partial charge in [-0.2, -0.15) is 21.9 Å². The van der Waals surface area contributed by atoms with Gasteiger partial charge in [0, 0.05) is 41.0 Å². The third-order valence-electron chi connectivity index (χ3n) is 7.59. The van der Waals surface area contributed by atoms with Gasteiger partial charge in [0.05, 0.1) is 34.4 Å². The molecule has 2 heterocycles. The fourth-order valence-corrected chi connectivity index (χ4v) is 6.28. The van der Waals surface area contributed by atoms with E-state index in [1.165, 1.54) is 16.9 Å². The monoisotopic (exact) mass is 725 g/mol. The Morgan fingerprint density at radius 1 is 0.900 bits per heavy atom. The molecule has 0 fully saturated rings. The van der Waals surface area contributed by atoms with Gasteiger partial charge in [-0.25, -0.2) is 9.98 Å². The van der Waals surface area contributed by atoms with Crippen LogP contribution in [0.4, 0.5) is 17.1 Å². The number of anilines is 2. The number of nitrogens with zero attached hydrogens (tertiary/aromatic N) is 6. The predicted molar refractivity (Wildman–Crippen MR) is 186 cm³/mol. The van der Waals surface area contributed by atoms with Crippen molar-refractivity contribution in [1.82, 2.24) is 14.9 Å². The number of rotatable bonds is 11. The van der Waals surface area contributed by atoms with E-state index >= 15 is 0 Å². The number of amides is 1. The second kappa shape index (κ2) is 13.8. The molecule has 0 saturated carbocycles. The summed E-state index contributed by atoms with van der Waals surface area (Å²) in [5.41, 5.74) is 3.56. The highest BCUT2D eigenvalue weighted by molar-refractivity contribution is 7.86. The van der Waals surface area contributed by atoms with Crippen LogP contribution in [-0.2, 0) is 20.2 Å². The van der Waals surface area contributed by atoms with Crippen LogP contribution in [0, 0.1) is 12.3 Å². The lowest BCUT2D eigenvalue weighted by molar-refractivity contribution is 0.102. The number of hydrogen-bond donors (Lipinski definition) is 5. The maximum Gasteiger partial charge on any atom is 0.294 e. The molecule has 3 aromatic carbocycles. The van der Waals surface area contributed by atoms with Crippen LogP contribution >= 0.6 is 0 Å². The van der Waals surface area contributed by atoms with Gasteiger partial charge >= 0.3 is 0 Å². The summed E-state index contributed by atoms with van der Waals surface area (Å²) >= 11 is 0. The summed E-state index contributed by atoms with van der Waals surface area (Å²) in [4.78, 5) is 24.1. The molecule has 1 aliphatic rings. The van der Waals surface area contributed by atoms with Crippen molar-refractivity contribution in [2.45, 2.75) is 37.5 Å². The molecule has 0 unspecified atom stereocenters. The summed E-state index contributed by atoms with van der Waals surface area (Å²) in [5.74, 6) is -0.173. The van der Waals surface area contributed by atoms with Crippen molar-refractivity contribution >= 4 is 54.6 Å². The first-order valence-corrected chi connectivity index (χ1v) is 18.0. The lowest BCUT2D eigenvalue weighted by Gasteiger charge is -2.23. The summed E-state index contributed by atoms with van der Waals surface area (Å²) in [6.07, 6.45) is 0. The smallest absolute Gasteiger partial charge is 0.294 e. The third-order valence-corrected chi connectivity index (χ3v) is 9.25. The Bertz CT molecular complexity index is 2190. The molecule has 0 atom stereocenters. The molecule has 0 aliphatic carbocycles. The molecule has 18 heteroatoms. The lowest BCUT2D eigenvalue weighted by atomic mass is 9.87. The van der Waals surface area contributed by atoms with E-state index in [1.807, 2.05) is 50.8 Å². The summed E-state index contributed by atoms with van der Waals surface area (Å²) in [5, 5.41) is 30.6. The Balaban J connectivity index is 1.42. The van der Waals surface area contributed by atoms with Crippen molar-refractivity contribution in [1.29, 1.82) is 0 Å². The maximum atomic E-state index is 12.9. The van der Waals surface area contributed by atoms with Crippen LogP contribution < -0.4 is 10.2 Å². The van der Waals surface area contributed by atoms with Crippen molar-refractivity contribution in [3.8, 4) is 11.4 Å². The first kappa shape index (κ1) is 36.4. The zero-order valence-corrected chi connectivity index (χ0v) is 29.1. The van der Waals surface area contributed by atoms with Gasteiger partial charge in [0.1, 0.15) is 5.71 Å². The second-order valence-electron chi connectivity index (χ2n) is 12.4. The van der Waals surface area contributed by atoms with Gasteiger partial charge in [-0.05, 0) is 73.2 Å². The normalized spacial score (nSPS) is 14.1. The maximum absolute atomic E-state index is 12.9. The summed E-state index contributed by atoms with van der Waals surface area (Å²) in [6.45, 7) is 8.55. The van der Waals surface area contributed by atoms with Gasteiger partial charge in [0.2, 0.25) is 5.82 Å². The highest BCUT2D eigenvalue weighted by Crippen LogP contribution is 2.31. The first-order valence-electron chi connectivity index (χ1n) is 15.1. The minimum atomic E-state index is -4.90. The molecule has 0 spiro atoms. The van der Waals surface area contributed by atoms with Crippen LogP contribution in [0.2, 0.25) is 0 Å². The zero-order valence-electron chi connectivity index (χ0n) is 27.4. The van der Waals surface area contributed by atoms with E-state index in [9.17, 15) is 40.9 Å². The summed E-state index contributed by atoms with van der Waals surface area (Å²) in [6, 6.07) is 14.0. The van der Waals surface area contributed by atoms with Gasteiger partial charge in [0.25, 0.3) is 26.1 Å². The van der Waals surface area contributed by atoms with E-state index in [1.54, 1.807) is 12.1 Å². The number of nitrogens with one attached hydrogen (secondary N) is 1. The molecule has 0 bridgehead atoms. The number of aromatic nitrogens is 3. The molecule has 5 N–H and O–H groups in total. The summed E-state index contributed by atoms with van der Waals surface area (Å²) < 4.78 is 65.3. The van der Waals surface area contributed by atoms with Gasteiger partial charge in [-0.3, -0.25) is 13.9 Å². The molecule has 1 aromatic heterocycles. The third kappa shape index (κ3) is 7.96. The topological polar surface area (TPSA) is 237 Å². The minimum absolute atomic E-state index is 0.0571. The number of aliphatic hydroxyl groups is 2. The largest absolute Gasteiger partial charge is 0.395 e. The number of hydrogen-bond acceptors (Lipinski definition) is 12. The SMILES string of the molecule is Cc1cc(N(CCO)CCO)ccc1/N=C1/C(C(C)(C)C)=Nn2nc(-c3ccc(NC(=O)c4cc(S(=O)(=O)O)cc(S(=O)(=O)O)c4)cc3)nc21. The molecule has 5 rings (SSSR count). The number of aliphatic hydroxyl groups excluding tert-OH is 2. The van der Waals surface area contributed by atoms with Crippen molar-refractivity contribution in [3.63, 3.8) is 0 Å². The van der Waals surface area contributed by atoms with Crippen LogP contribution in [0.3, 0.4) is 0 Å². The van der Waals surface area contributed by atoms with Crippen LogP contribution in [0.5, 0.6) is 0 Å². The van der Waals surface area contributed by atoms with E-state index < -0.39 is 46.9 Å². The Hall–Kier alpha value is -4.85. The fraction of sp³-hybridized carbons (Fsp3) is 0.281.